The highest BCUT2D eigenvalue weighted by Gasteiger charge is 2.35. The van der Waals surface area contributed by atoms with Crippen molar-refractivity contribution >= 4 is 42.6 Å². The van der Waals surface area contributed by atoms with Crippen LogP contribution in [0.25, 0.3) is 10.2 Å². The molecule has 8 nitrogen and oxygen atoms in total. The first-order valence-electron chi connectivity index (χ1n) is 12.5. The zero-order valence-corrected chi connectivity index (χ0v) is 23.3. The number of hydrogen-bond acceptors (Lipinski definition) is 7. The van der Waals surface area contributed by atoms with Crippen LogP contribution in [-0.2, 0) is 21.4 Å². The summed E-state index contributed by atoms with van der Waals surface area (Å²) in [5, 5.41) is 0.652. The molecule has 0 radical (unpaired) electrons. The Morgan fingerprint density at radius 1 is 1.08 bits per heavy atom. The second-order valence-electron chi connectivity index (χ2n) is 9.51. The molecule has 0 aliphatic carbocycles. The zero-order valence-electron chi connectivity index (χ0n) is 21.6. The van der Waals surface area contributed by atoms with E-state index < -0.39 is 10.0 Å². The number of carbonyl (C=O) groups is 1. The van der Waals surface area contributed by atoms with Crippen LogP contribution in [0.15, 0.2) is 65.8 Å². The van der Waals surface area contributed by atoms with E-state index in [2.05, 4.69) is 18.0 Å². The number of methoxy groups -OCH3 is 1. The highest BCUT2D eigenvalue weighted by molar-refractivity contribution is 7.89. The van der Waals surface area contributed by atoms with Gasteiger partial charge in [-0.25, -0.2) is 13.4 Å². The molecule has 1 aliphatic heterocycles. The monoisotopic (exact) mass is 550 g/mol. The number of nitrogens with zero attached hydrogens (tertiary/aromatic N) is 4. The first kappa shape index (κ1) is 26.3. The average Bonchev–Trinajstić information content (AvgIpc) is 3.41. The van der Waals surface area contributed by atoms with Crippen LogP contribution in [0, 0.1) is 19.8 Å². The molecule has 10 heteroatoms. The van der Waals surface area contributed by atoms with E-state index in [4.69, 9.17) is 9.72 Å². The largest absolute Gasteiger partial charge is 0.497 e. The summed E-state index contributed by atoms with van der Waals surface area (Å²) in [6, 6.07) is 14.3. The van der Waals surface area contributed by atoms with Crippen LogP contribution in [0.1, 0.15) is 29.5 Å². The molecular weight excluding hydrogens is 520 g/mol. The number of thiazole rings is 1. The first-order chi connectivity index (χ1) is 18.3. The molecule has 2 aromatic carbocycles. The number of hydrogen-bond donors (Lipinski definition) is 0. The van der Waals surface area contributed by atoms with Crippen LogP contribution < -0.4 is 9.64 Å². The van der Waals surface area contributed by atoms with Crippen LogP contribution in [0.5, 0.6) is 5.75 Å². The van der Waals surface area contributed by atoms with Crippen molar-refractivity contribution in [2.75, 3.05) is 25.1 Å². The lowest BCUT2D eigenvalue weighted by atomic mass is 9.96. The average molecular weight is 551 g/mol. The Kier molecular flexibility index (Phi) is 7.47. The van der Waals surface area contributed by atoms with Crippen LogP contribution in [0.2, 0.25) is 0 Å². The van der Waals surface area contributed by atoms with E-state index in [1.165, 1.54) is 15.6 Å². The number of rotatable bonds is 7. The van der Waals surface area contributed by atoms with Crippen molar-refractivity contribution in [2.45, 2.75) is 38.1 Å². The number of amides is 1. The third-order valence-corrected chi connectivity index (χ3v) is 10.1. The molecule has 1 amide bonds. The number of fused-ring (bicyclic) bond motifs is 1. The van der Waals surface area contributed by atoms with Gasteiger partial charge in [0.15, 0.2) is 5.13 Å². The summed E-state index contributed by atoms with van der Waals surface area (Å²) >= 11 is 1.52. The van der Waals surface area contributed by atoms with E-state index in [1.807, 2.05) is 25.1 Å². The van der Waals surface area contributed by atoms with Crippen molar-refractivity contribution < 1.29 is 17.9 Å². The Balaban J connectivity index is 1.38. The maximum atomic E-state index is 13.9. The lowest BCUT2D eigenvalue weighted by molar-refractivity contribution is -0.123. The van der Waals surface area contributed by atoms with Gasteiger partial charge in [-0.2, -0.15) is 4.31 Å². The van der Waals surface area contributed by atoms with Crippen molar-refractivity contribution in [2.24, 2.45) is 5.92 Å². The maximum Gasteiger partial charge on any atom is 0.243 e. The quantitative estimate of drug-likeness (QED) is 0.323. The number of sulfonamides is 1. The van der Waals surface area contributed by atoms with E-state index >= 15 is 0 Å². The highest BCUT2D eigenvalue weighted by Crippen LogP contribution is 2.35. The van der Waals surface area contributed by atoms with Gasteiger partial charge in [-0.05, 0) is 73.7 Å². The predicted molar refractivity (Wildman–Crippen MR) is 149 cm³/mol. The van der Waals surface area contributed by atoms with E-state index in [1.54, 1.807) is 48.7 Å². The SMILES string of the molecule is COc1ccc(S(=O)(=O)N2CCC(C(=O)N(Cc3cccnc3)c3nc4c(C)ccc(C)c4s3)CC2)cc1. The molecule has 0 atom stereocenters. The van der Waals surface area contributed by atoms with Crippen molar-refractivity contribution in [3.05, 3.63) is 77.6 Å². The summed E-state index contributed by atoms with van der Waals surface area (Å²) < 4.78 is 34.1. The highest BCUT2D eigenvalue weighted by atomic mass is 32.2. The first-order valence-corrected chi connectivity index (χ1v) is 14.7. The number of anilines is 1. The molecule has 0 N–H and O–H groups in total. The van der Waals surface area contributed by atoms with Gasteiger partial charge in [-0.15, -0.1) is 0 Å². The summed E-state index contributed by atoms with van der Waals surface area (Å²) in [5.41, 5.74) is 4.02. The van der Waals surface area contributed by atoms with Crippen LogP contribution in [-0.4, -0.2) is 48.8 Å². The number of piperidine rings is 1. The Bertz CT molecular complexity index is 1510. The Morgan fingerprint density at radius 2 is 1.79 bits per heavy atom. The number of aromatic nitrogens is 2. The minimum atomic E-state index is -3.65. The Hall–Kier alpha value is -3.34. The van der Waals surface area contributed by atoms with Gasteiger partial charge < -0.3 is 4.74 Å². The number of aryl methyl sites for hydroxylation is 2. The number of benzene rings is 2. The fourth-order valence-electron chi connectivity index (χ4n) is 4.74. The lowest BCUT2D eigenvalue weighted by Gasteiger charge is -2.33. The summed E-state index contributed by atoms with van der Waals surface area (Å²) in [6.07, 6.45) is 4.36. The van der Waals surface area contributed by atoms with Crippen molar-refractivity contribution in [1.82, 2.24) is 14.3 Å². The summed E-state index contributed by atoms with van der Waals surface area (Å²) in [7, 11) is -2.11. The van der Waals surface area contributed by atoms with Gasteiger partial charge in [0, 0.05) is 31.4 Å². The Morgan fingerprint density at radius 3 is 2.42 bits per heavy atom. The molecule has 0 unspecified atom stereocenters. The molecule has 1 aliphatic rings. The molecule has 5 rings (SSSR count). The van der Waals surface area contributed by atoms with Gasteiger partial charge in [0.25, 0.3) is 0 Å². The van der Waals surface area contributed by atoms with Gasteiger partial charge in [0.1, 0.15) is 5.75 Å². The Labute approximate surface area is 227 Å². The number of pyridine rings is 1. The van der Waals surface area contributed by atoms with Gasteiger partial charge in [0.05, 0.1) is 28.8 Å². The van der Waals surface area contributed by atoms with Gasteiger partial charge in [-0.1, -0.05) is 29.5 Å². The molecular formula is C28H30N4O4S2. The molecule has 2 aromatic heterocycles. The van der Waals surface area contributed by atoms with Crippen LogP contribution in [0.4, 0.5) is 5.13 Å². The van der Waals surface area contributed by atoms with E-state index in [9.17, 15) is 13.2 Å². The number of carbonyl (C=O) groups excluding carboxylic acids is 1. The van der Waals surface area contributed by atoms with Gasteiger partial charge in [-0.3, -0.25) is 14.7 Å². The maximum absolute atomic E-state index is 13.9. The fourth-order valence-corrected chi connectivity index (χ4v) is 7.32. The van der Waals surface area contributed by atoms with Crippen molar-refractivity contribution in [3.8, 4) is 5.75 Å². The molecule has 38 heavy (non-hydrogen) atoms. The van der Waals surface area contributed by atoms with Gasteiger partial charge in [0.2, 0.25) is 15.9 Å². The normalized spacial score (nSPS) is 15.0. The van der Waals surface area contributed by atoms with E-state index in [0.29, 0.717) is 30.3 Å². The molecule has 1 saturated heterocycles. The topological polar surface area (TPSA) is 92.7 Å². The molecule has 1 fully saturated rings. The molecule has 0 saturated carbocycles. The minimum Gasteiger partial charge on any atom is -0.497 e. The predicted octanol–water partition coefficient (Wildman–Crippen LogP) is 4.95. The number of ether oxygens (including phenoxy) is 1. The molecule has 198 valence electrons. The van der Waals surface area contributed by atoms with Crippen LogP contribution in [0.3, 0.4) is 0 Å². The lowest BCUT2D eigenvalue weighted by Crippen LogP contribution is -2.44. The summed E-state index contributed by atoms with van der Waals surface area (Å²) in [5.74, 6) is 0.259. The fraction of sp³-hybridized carbons (Fsp3) is 0.321. The van der Waals surface area contributed by atoms with Crippen LogP contribution >= 0.6 is 11.3 Å². The van der Waals surface area contributed by atoms with E-state index in [0.717, 1.165) is 26.9 Å². The smallest absolute Gasteiger partial charge is 0.243 e. The third-order valence-electron chi connectivity index (χ3n) is 6.99. The summed E-state index contributed by atoms with van der Waals surface area (Å²) in [4.78, 5) is 25.0. The molecule has 3 heterocycles. The van der Waals surface area contributed by atoms with Crippen molar-refractivity contribution in [1.29, 1.82) is 0 Å². The second kappa shape index (κ2) is 10.8. The van der Waals surface area contributed by atoms with E-state index in [-0.39, 0.29) is 29.8 Å². The summed E-state index contributed by atoms with van der Waals surface area (Å²) in [6.45, 7) is 5.00. The molecule has 0 bridgehead atoms. The van der Waals surface area contributed by atoms with Gasteiger partial charge >= 0.3 is 0 Å². The minimum absolute atomic E-state index is 0.0373. The molecule has 4 aromatic rings. The zero-order chi connectivity index (χ0) is 26.9. The standard InChI is InChI=1S/C28H30N4O4S2/c1-19-6-7-20(2)26-25(19)30-28(37-26)32(18-21-5-4-14-29-17-21)27(33)22-12-15-31(16-13-22)38(34,35)24-10-8-23(36-3)9-11-24/h4-11,14,17,22H,12-13,15-16,18H2,1-3H3. The molecule has 0 spiro atoms. The second-order valence-corrected chi connectivity index (χ2v) is 12.4. The third kappa shape index (κ3) is 5.16. The van der Waals surface area contributed by atoms with Crippen molar-refractivity contribution in [3.63, 3.8) is 0 Å².